The van der Waals surface area contributed by atoms with Gasteiger partial charge in [-0.25, -0.2) is 39.1 Å². The number of nitrogens with one attached hydrogen (secondary N) is 2. The second-order valence-electron chi connectivity index (χ2n) is 34.0. The summed E-state index contributed by atoms with van der Waals surface area (Å²) in [5.41, 5.74) is 23.1. The fourth-order valence-electron chi connectivity index (χ4n) is 14.3. The van der Waals surface area contributed by atoms with Gasteiger partial charge in [-0.15, -0.1) is 102 Å². The lowest BCUT2D eigenvalue weighted by Crippen LogP contribution is -2.44. The number of thiazole rings is 4. The standard InChI is InChI=1S/2C23H24BrN3O3S2.2C20H22BrN3O2S2.C3H4Cl2O.CH4/c1-6-18(28)26-21-19(20-25-15-10-13(24)7-8-16(15)31-20)14-9-12(2)27(11-17(14)32-21)22(29)30-23(3,4)5;1-6-17(28)26-21-18(20-25-15-11-13(24)7-8-16(15)31-20)14-9-10-27(12(2)19(14)32-21)22(29)30-23(3,4)5;1-10-7-12-15(9-24(10)19(25)26-20(2,3)4)27-17(22)16(12)18-23-13-8-11(21)5-6-14(13)28-18;1-10-16-12(7-8-24(10)19(25)26-20(2,3)4)15(17(22)28-16)18-23-13-9-11(21)5-6-14(13)27-18;4-2-1-3(5)6;/h6-8,10,12H,1,9,11H2,2-5H3,(H,26,28);6-8,11-12H,1,9-10H2,2-5H3,(H,26,28);5-6,8,10H,7,9,22H2,1-4H3;5-6,9-10H,7-8,22H2,1-4H3;1-2H2;1H4/t2*12-;2*10-;;/m1111../s1. The molecule has 8 aromatic heterocycles. The normalized spacial score (nSPS) is 16.0. The van der Waals surface area contributed by atoms with Crippen LogP contribution in [-0.4, -0.2) is 134 Å². The van der Waals surface area contributed by atoms with Crippen molar-refractivity contribution in [3.63, 3.8) is 0 Å². The highest BCUT2D eigenvalue weighted by molar-refractivity contribution is 9.11. The number of anilines is 4. The number of amides is 6. The minimum atomic E-state index is -0.559. The van der Waals surface area contributed by atoms with Crippen LogP contribution in [0.1, 0.15) is 178 Å². The van der Waals surface area contributed by atoms with Crippen molar-refractivity contribution in [2.75, 3.05) is 41.1 Å². The molecule has 0 aliphatic carbocycles. The molecule has 4 aliphatic heterocycles. The first-order valence-corrected chi connectivity index (χ1v) is 50.7. The zero-order chi connectivity index (χ0) is 91.8. The van der Waals surface area contributed by atoms with Gasteiger partial charge in [-0.05, 0) is 255 Å². The SMILES string of the molecule is C.C=CC(=O)Nc1sc2c(c1-c1nc3cc(Br)ccc3s1)CCN(C(=O)OC(C)(C)C)[C@@H]2C.C=CC(=O)Nc1sc2c(c1-c1nc3cc(Br)ccc3s1)C[C@@H](C)N(C(=O)OC(C)(C)C)C2.C[C@@H]1Cc2c(sc(N)c2-c2nc3cc(Br)ccc3s2)CN1C(=O)OC(C)(C)C.C[C@@H]1c2sc(N)c(-c3nc4cc(Br)ccc4s3)c2CCN1C(=O)OC(C)(C)C.O=C(Cl)CCCl. The van der Waals surface area contributed by atoms with Crippen LogP contribution in [0.3, 0.4) is 0 Å². The van der Waals surface area contributed by atoms with Gasteiger partial charge in [-0.3, -0.25) is 14.4 Å². The van der Waals surface area contributed by atoms with E-state index in [-0.39, 0.29) is 79.4 Å². The third kappa shape index (κ3) is 24.3. The first-order valence-electron chi connectivity index (χ1n) is 40.1. The number of benzene rings is 4. The number of aromatic nitrogens is 4. The number of fused-ring (bicyclic) bond motifs is 8. The van der Waals surface area contributed by atoms with Gasteiger partial charge in [0.1, 0.15) is 52.4 Å². The third-order valence-corrected chi connectivity index (χ3v) is 31.1. The van der Waals surface area contributed by atoms with Crippen LogP contribution in [0, 0.1) is 0 Å². The predicted molar refractivity (Wildman–Crippen MR) is 542 cm³/mol. The van der Waals surface area contributed by atoms with Crippen molar-refractivity contribution in [1.29, 1.82) is 0 Å². The summed E-state index contributed by atoms with van der Waals surface area (Å²) in [6.07, 6.45) is 4.40. The van der Waals surface area contributed by atoms with E-state index in [1.54, 1.807) is 87.6 Å². The summed E-state index contributed by atoms with van der Waals surface area (Å²) in [6.45, 7) is 39.9. The summed E-state index contributed by atoms with van der Waals surface area (Å²) in [6, 6.07) is 24.0. The number of hydrogen-bond donors (Lipinski definition) is 4. The molecule has 0 unspecified atom stereocenters. The van der Waals surface area contributed by atoms with E-state index in [0.29, 0.717) is 44.9 Å². The average molecular weight is 2170 g/mol. The Kier molecular flexibility index (Phi) is 32.4. The summed E-state index contributed by atoms with van der Waals surface area (Å²) in [5, 5.41) is 12.1. The van der Waals surface area contributed by atoms with Crippen molar-refractivity contribution in [3.05, 3.63) is 158 Å². The number of nitrogen functional groups attached to an aromatic ring is 2. The Labute approximate surface area is 814 Å². The molecule has 127 heavy (non-hydrogen) atoms. The molecule has 37 heteroatoms. The maximum atomic E-state index is 12.8. The zero-order valence-corrected chi connectivity index (χ0v) is 86.5. The predicted octanol–water partition coefficient (Wildman–Crippen LogP) is 27.7. The smallest absolute Gasteiger partial charge is 0.410 e. The van der Waals surface area contributed by atoms with Gasteiger partial charge in [0.15, 0.2) is 0 Å². The fraction of sp³-hybridized carbons (Fsp3) is 0.389. The zero-order valence-electron chi connectivity index (χ0n) is 72.1. The first-order chi connectivity index (χ1) is 59.1. The van der Waals surface area contributed by atoms with Crippen LogP contribution >= 0.6 is 178 Å². The second-order valence-corrected chi connectivity index (χ2v) is 47.0. The maximum absolute atomic E-state index is 12.8. The minimum Gasteiger partial charge on any atom is -0.444 e. The molecule has 0 fully saturated rings. The van der Waals surface area contributed by atoms with Crippen molar-refractivity contribution < 1.29 is 52.5 Å². The summed E-state index contributed by atoms with van der Waals surface area (Å²) >= 11 is 36.6. The van der Waals surface area contributed by atoms with Crippen molar-refractivity contribution in [1.82, 2.24) is 39.5 Å². The van der Waals surface area contributed by atoms with Gasteiger partial charge >= 0.3 is 24.4 Å². The number of carbonyl (C=O) groups is 7. The number of carbonyl (C=O) groups excluding carboxylic acids is 7. The van der Waals surface area contributed by atoms with Crippen molar-refractivity contribution in [2.45, 2.75) is 210 Å². The molecular weight excluding hydrogens is 2070 g/mol. The minimum absolute atomic E-state index is 0. The van der Waals surface area contributed by atoms with Crippen LogP contribution in [-0.2, 0) is 72.1 Å². The summed E-state index contributed by atoms with van der Waals surface area (Å²) in [5.74, 6) is -0.224. The summed E-state index contributed by atoms with van der Waals surface area (Å²) in [7, 11) is 0. The Hall–Kier alpha value is -7.49. The molecular formula is C90H100Br4Cl2N12O11S8. The Morgan fingerprint density at radius 2 is 0.756 bits per heavy atom. The molecule has 4 aliphatic rings. The Balaban J connectivity index is 0.000000160. The number of nitrogens with two attached hydrogens (primary N) is 2. The van der Waals surface area contributed by atoms with E-state index >= 15 is 0 Å². The molecule has 12 aromatic rings. The van der Waals surface area contributed by atoms with E-state index in [9.17, 15) is 33.6 Å². The van der Waals surface area contributed by atoms with Crippen molar-refractivity contribution in [2.24, 2.45) is 0 Å². The van der Waals surface area contributed by atoms with Gasteiger partial charge in [0.25, 0.3) is 0 Å². The highest BCUT2D eigenvalue weighted by Gasteiger charge is 2.41. The molecule has 6 N–H and O–H groups in total. The summed E-state index contributed by atoms with van der Waals surface area (Å²) < 4.78 is 30.8. The molecule has 23 nitrogen and oxygen atoms in total. The van der Waals surface area contributed by atoms with E-state index < -0.39 is 22.4 Å². The molecule has 12 heterocycles. The van der Waals surface area contributed by atoms with Crippen LogP contribution < -0.4 is 22.1 Å². The van der Waals surface area contributed by atoms with Crippen LogP contribution in [0.15, 0.2) is 116 Å². The number of halogens is 6. The van der Waals surface area contributed by atoms with Gasteiger partial charge in [0.05, 0.1) is 76.0 Å². The number of nitrogens with zero attached hydrogens (tertiary/aromatic N) is 8. The van der Waals surface area contributed by atoms with Crippen LogP contribution in [0.4, 0.5) is 39.2 Å². The van der Waals surface area contributed by atoms with Gasteiger partial charge in [-0.1, -0.05) is 84.3 Å². The monoisotopic (exact) mass is 2170 g/mol. The Morgan fingerprint density at radius 3 is 1.09 bits per heavy atom. The third-order valence-electron chi connectivity index (χ3n) is 19.8. The maximum Gasteiger partial charge on any atom is 0.410 e. The molecule has 0 bridgehead atoms. The molecule has 0 spiro atoms. The molecule has 0 saturated carbocycles. The Bertz CT molecular complexity index is 6150. The van der Waals surface area contributed by atoms with E-state index in [0.717, 1.165) is 165 Å². The lowest BCUT2D eigenvalue weighted by Gasteiger charge is -2.35. The van der Waals surface area contributed by atoms with Crippen molar-refractivity contribution >= 4 is 280 Å². The van der Waals surface area contributed by atoms with Gasteiger partial charge in [-0.2, -0.15) is 0 Å². The second kappa shape index (κ2) is 41.1. The molecule has 0 saturated heterocycles. The first kappa shape index (κ1) is 100. The topological polar surface area (TPSA) is 297 Å². The van der Waals surface area contributed by atoms with Gasteiger partial charge in [0.2, 0.25) is 17.1 Å². The number of thiophene rings is 4. The quantitative estimate of drug-likeness (QED) is 0.0428. The molecule has 16 rings (SSSR count). The van der Waals surface area contributed by atoms with Gasteiger partial charge in [0, 0.05) is 97.1 Å². The molecule has 4 atom stereocenters. The van der Waals surface area contributed by atoms with E-state index in [1.807, 2.05) is 165 Å². The fourth-order valence-corrected chi connectivity index (χ4v) is 25.2. The number of alkyl halides is 1. The molecule has 4 aromatic carbocycles. The largest absolute Gasteiger partial charge is 0.444 e. The van der Waals surface area contributed by atoms with Crippen LogP contribution in [0.25, 0.3) is 83.2 Å². The number of rotatable bonds is 10. The number of ether oxygens (including phenoxy) is 4. The van der Waals surface area contributed by atoms with Crippen molar-refractivity contribution in [3.8, 4) is 42.3 Å². The lowest BCUT2D eigenvalue weighted by atomic mass is 9.97. The Morgan fingerprint density at radius 1 is 0.457 bits per heavy atom. The molecule has 0 radical (unpaired) electrons. The van der Waals surface area contributed by atoms with E-state index in [2.05, 4.69) is 107 Å². The highest BCUT2D eigenvalue weighted by Crippen LogP contribution is 2.53. The van der Waals surface area contributed by atoms with E-state index in [1.165, 1.54) is 46.0 Å². The molecule has 676 valence electrons. The van der Waals surface area contributed by atoms with E-state index in [4.69, 9.17) is 73.6 Å². The summed E-state index contributed by atoms with van der Waals surface area (Å²) in [4.78, 5) is 116. The average Bonchev–Trinajstić information content (AvgIpc) is 1.62. The van der Waals surface area contributed by atoms with Crippen LogP contribution in [0.2, 0.25) is 0 Å². The van der Waals surface area contributed by atoms with Gasteiger partial charge < -0.3 is 60.6 Å². The lowest BCUT2D eigenvalue weighted by molar-refractivity contribution is -0.112. The van der Waals surface area contributed by atoms with Crippen LogP contribution in [0.5, 0.6) is 0 Å². The highest BCUT2D eigenvalue weighted by atomic mass is 79.9. The molecule has 6 amide bonds. The number of hydrogen-bond acceptors (Lipinski definition) is 25.